The summed E-state index contributed by atoms with van der Waals surface area (Å²) in [6, 6.07) is 21.6. The van der Waals surface area contributed by atoms with Crippen molar-refractivity contribution in [2.45, 2.75) is 114 Å². The van der Waals surface area contributed by atoms with Crippen molar-refractivity contribution in [3.8, 4) is 0 Å². The van der Waals surface area contributed by atoms with Crippen molar-refractivity contribution in [1.29, 1.82) is 0 Å². The number of hydrogen-bond acceptors (Lipinski definition) is 6. The molecule has 0 saturated carbocycles. The summed E-state index contributed by atoms with van der Waals surface area (Å²) >= 11 is 3.79. The smallest absolute Gasteiger partial charge is 0.164 e. The topological polar surface area (TPSA) is 61.7 Å². The number of carbonyl (C=O) groups excluding carboxylic acids is 1. The average Bonchev–Trinajstić information content (AvgIpc) is 3.70. The van der Waals surface area contributed by atoms with Crippen LogP contribution in [0.3, 0.4) is 0 Å². The third kappa shape index (κ3) is 8.44. The molecule has 4 nitrogen and oxygen atoms in total. The van der Waals surface area contributed by atoms with Crippen LogP contribution in [0.15, 0.2) is 65.4 Å². The first-order chi connectivity index (χ1) is 24.1. The Labute approximate surface area is 333 Å². The molecule has 7 heteroatoms. The van der Waals surface area contributed by atoms with Gasteiger partial charge < -0.3 is 15.4 Å². The van der Waals surface area contributed by atoms with E-state index in [2.05, 4.69) is 94.5 Å². The normalized spacial score (nSPS) is 13.8. The SMILES string of the molecule is CC(C)Cc1cc2c(ccc3sc4c(c32)NCN=C4c2[c-]c3ccccc3c(C(C)(C)C)c2)s1.CCC(C)(CC)C(=O)/C=C(\O)C(C)(CC)CC.[Ir]. The van der Waals surface area contributed by atoms with Crippen LogP contribution in [0.4, 0.5) is 5.69 Å². The fourth-order valence-corrected chi connectivity index (χ4v) is 9.24. The number of fused-ring (bicyclic) bond motifs is 6. The number of allylic oxidation sites excluding steroid dienone is 2. The van der Waals surface area contributed by atoms with E-state index in [4.69, 9.17) is 4.99 Å². The van der Waals surface area contributed by atoms with E-state index >= 15 is 0 Å². The monoisotopic (exact) mass is 914 g/mol. The van der Waals surface area contributed by atoms with Gasteiger partial charge in [-0.05, 0) is 61.6 Å². The minimum Gasteiger partial charge on any atom is -0.512 e. The summed E-state index contributed by atoms with van der Waals surface area (Å²) in [6.45, 7) is 24.1. The summed E-state index contributed by atoms with van der Waals surface area (Å²) < 4.78 is 2.70. The molecule has 0 atom stereocenters. The molecule has 2 N–H and O–H groups in total. The fraction of sp³-hybridized carbons (Fsp3) is 0.467. The Morgan fingerprint density at radius 3 is 2.15 bits per heavy atom. The molecule has 52 heavy (non-hydrogen) atoms. The van der Waals surface area contributed by atoms with Gasteiger partial charge in [-0.1, -0.05) is 105 Å². The molecule has 2 aromatic heterocycles. The second-order valence-corrected chi connectivity index (χ2v) is 18.4. The third-order valence-electron chi connectivity index (χ3n) is 11.2. The molecule has 0 saturated heterocycles. The first-order valence-corrected chi connectivity index (χ1v) is 20.4. The van der Waals surface area contributed by atoms with E-state index in [1.165, 1.54) is 52.6 Å². The number of rotatable bonds is 10. The van der Waals surface area contributed by atoms with Crippen molar-refractivity contribution in [1.82, 2.24) is 0 Å². The Morgan fingerprint density at radius 1 is 0.904 bits per heavy atom. The number of aliphatic imine (C=N–C) groups is 1. The van der Waals surface area contributed by atoms with Gasteiger partial charge in [-0.2, -0.15) is 0 Å². The van der Waals surface area contributed by atoms with Gasteiger partial charge in [0.15, 0.2) is 5.78 Å². The summed E-state index contributed by atoms with van der Waals surface area (Å²) in [5.74, 6) is 0.950. The van der Waals surface area contributed by atoms with E-state index in [-0.39, 0.29) is 47.9 Å². The molecule has 0 fully saturated rings. The van der Waals surface area contributed by atoms with Crippen molar-refractivity contribution >= 4 is 70.8 Å². The molecule has 0 spiro atoms. The van der Waals surface area contributed by atoms with Crippen LogP contribution < -0.4 is 5.32 Å². The minimum atomic E-state index is -0.337. The number of aliphatic hydroxyl groups is 1. The van der Waals surface area contributed by atoms with Crippen LogP contribution in [-0.2, 0) is 36.7 Å². The Balaban J connectivity index is 0.000000289. The molecule has 1 aliphatic heterocycles. The number of carbonyl (C=O) groups is 1. The second-order valence-electron chi connectivity index (χ2n) is 16.1. The maximum Gasteiger partial charge on any atom is 0.164 e. The maximum atomic E-state index is 12.2. The van der Waals surface area contributed by atoms with Crippen LogP contribution >= 0.6 is 22.7 Å². The van der Waals surface area contributed by atoms with Gasteiger partial charge in [-0.3, -0.25) is 4.79 Å². The molecular formula is C45H57IrN2O2S2-. The Kier molecular flexibility index (Phi) is 13.4. The molecule has 6 rings (SSSR count). The molecule has 0 bridgehead atoms. The largest absolute Gasteiger partial charge is 0.512 e. The van der Waals surface area contributed by atoms with Crippen molar-refractivity contribution in [2.24, 2.45) is 21.7 Å². The molecule has 0 aliphatic carbocycles. The average molecular weight is 914 g/mol. The van der Waals surface area contributed by atoms with Gasteiger partial charge in [-0.15, -0.1) is 51.8 Å². The van der Waals surface area contributed by atoms with Gasteiger partial charge in [0, 0.05) is 72.6 Å². The maximum absolute atomic E-state index is 12.2. The van der Waals surface area contributed by atoms with Crippen LogP contribution in [0.5, 0.6) is 0 Å². The molecular weight excluding hydrogens is 857 g/mol. The van der Waals surface area contributed by atoms with Crippen molar-refractivity contribution in [3.63, 3.8) is 0 Å². The Bertz CT molecular complexity index is 2100. The third-order valence-corrected chi connectivity index (χ3v) is 13.4. The molecule has 5 aromatic rings. The fourth-order valence-electron chi connectivity index (χ4n) is 6.74. The zero-order chi connectivity index (χ0) is 37.3. The molecule has 281 valence electrons. The number of ketones is 1. The van der Waals surface area contributed by atoms with Gasteiger partial charge in [0.1, 0.15) is 5.76 Å². The van der Waals surface area contributed by atoms with Crippen LogP contribution in [0.25, 0.3) is 30.9 Å². The predicted molar refractivity (Wildman–Crippen MR) is 224 cm³/mol. The number of thiophene rings is 2. The summed E-state index contributed by atoms with van der Waals surface area (Å²) in [7, 11) is 0. The predicted octanol–water partition coefficient (Wildman–Crippen LogP) is 13.4. The number of aliphatic hydroxyl groups excluding tert-OH is 1. The van der Waals surface area contributed by atoms with Gasteiger partial charge in [0.25, 0.3) is 0 Å². The Hall–Kier alpha value is -2.83. The first-order valence-electron chi connectivity index (χ1n) is 18.8. The van der Waals surface area contributed by atoms with Gasteiger partial charge in [-0.25, -0.2) is 0 Å². The number of benzene rings is 3. The zero-order valence-corrected chi connectivity index (χ0v) is 37.0. The molecule has 3 aromatic carbocycles. The van der Waals surface area contributed by atoms with E-state index in [0.717, 1.165) is 48.8 Å². The molecule has 0 unspecified atom stereocenters. The number of anilines is 1. The zero-order valence-electron chi connectivity index (χ0n) is 33.0. The number of hydrogen-bond donors (Lipinski definition) is 2. The molecule has 3 heterocycles. The summed E-state index contributed by atoms with van der Waals surface area (Å²) in [5, 5.41) is 18.9. The van der Waals surface area contributed by atoms with E-state index in [9.17, 15) is 9.90 Å². The second kappa shape index (κ2) is 16.7. The van der Waals surface area contributed by atoms with Crippen LogP contribution in [-0.4, -0.2) is 23.3 Å². The minimum absolute atomic E-state index is 0. The van der Waals surface area contributed by atoms with E-state index < -0.39 is 0 Å². The van der Waals surface area contributed by atoms with E-state index in [1.807, 2.05) is 64.2 Å². The first kappa shape index (κ1) is 41.9. The van der Waals surface area contributed by atoms with E-state index in [0.29, 0.717) is 12.6 Å². The van der Waals surface area contributed by atoms with Gasteiger partial charge in [0.05, 0.1) is 12.4 Å². The Morgan fingerprint density at radius 2 is 1.54 bits per heavy atom. The van der Waals surface area contributed by atoms with Crippen molar-refractivity contribution in [2.75, 3.05) is 12.0 Å². The van der Waals surface area contributed by atoms with Gasteiger partial charge >= 0.3 is 0 Å². The van der Waals surface area contributed by atoms with Crippen LogP contribution in [0.1, 0.15) is 123 Å². The molecule has 0 amide bonds. The summed E-state index contributed by atoms with van der Waals surface area (Å²) in [4.78, 5) is 19.9. The number of nitrogens with zero attached hydrogens (tertiary/aromatic N) is 1. The molecule has 1 radical (unpaired) electrons. The van der Waals surface area contributed by atoms with E-state index in [1.54, 1.807) is 0 Å². The number of nitrogens with one attached hydrogen (secondary N) is 1. The summed E-state index contributed by atoms with van der Waals surface area (Å²) in [6.07, 6.45) is 5.89. The quantitative estimate of drug-likeness (QED) is 0.0834. The standard InChI is InChI=1S/C30H29N2S2.C15H28O2.Ir/c1-17(2)12-20-15-22-24(33-20)10-11-25-26(22)28-29(34-25)27(31-16-32-28)19-13-18-8-6-7-9-21(18)23(14-19)30(3,4)5;1-7-14(5,8-2)12(16)11-13(17)15(6,9-3)10-4;/h6-11,14-15,17,32H,12,16H2,1-5H3;11,16H,7-10H2,1-6H3;/q-1;;/b;12-11-;. The van der Waals surface area contributed by atoms with Gasteiger partial charge in [0.2, 0.25) is 0 Å². The van der Waals surface area contributed by atoms with Crippen molar-refractivity contribution < 1.29 is 30.0 Å². The summed E-state index contributed by atoms with van der Waals surface area (Å²) in [5.41, 5.74) is 4.18. The van der Waals surface area contributed by atoms with Crippen LogP contribution in [0.2, 0.25) is 0 Å². The molecule has 1 aliphatic rings. The van der Waals surface area contributed by atoms with Crippen molar-refractivity contribution in [3.05, 3.63) is 87.3 Å². The van der Waals surface area contributed by atoms with Crippen LogP contribution in [0, 0.1) is 22.8 Å².